The molecule has 0 saturated carbocycles. The zero-order valence-electron chi connectivity index (χ0n) is 7.70. The quantitative estimate of drug-likeness (QED) is 0.466. The van der Waals surface area contributed by atoms with Crippen LogP contribution in [0.15, 0.2) is 0 Å². The van der Waals surface area contributed by atoms with Gasteiger partial charge in [-0.15, -0.1) is 0 Å². The van der Waals surface area contributed by atoms with Gasteiger partial charge in [-0.2, -0.15) is 4.31 Å². The third-order valence-corrected chi connectivity index (χ3v) is 4.10. The van der Waals surface area contributed by atoms with E-state index in [0.717, 1.165) is 0 Å². The van der Waals surface area contributed by atoms with Crippen LogP contribution in [0.25, 0.3) is 0 Å². The van der Waals surface area contributed by atoms with Gasteiger partial charge in [0.05, 0.1) is 0 Å². The van der Waals surface area contributed by atoms with Crippen molar-refractivity contribution in [1.82, 2.24) is 0 Å². The smallest absolute Gasteiger partial charge is 0.479 e. The van der Waals surface area contributed by atoms with Crippen molar-refractivity contribution >= 4 is 27.6 Å². The maximum Gasteiger partial charge on any atom is 0.482 e. The Morgan fingerprint density at radius 1 is 0.882 bits per heavy atom. The van der Waals surface area contributed by atoms with E-state index in [9.17, 15) is 18.7 Å². The van der Waals surface area contributed by atoms with Crippen molar-refractivity contribution in [3.8, 4) is 0 Å². The molecule has 1 heterocycles. The molecule has 11 nitrogen and oxygen atoms in total. The fourth-order valence-electron chi connectivity index (χ4n) is 0.916. The molecule has 4 atom stereocenters. The highest BCUT2D eigenvalue weighted by Gasteiger charge is 2.52. The first-order valence-corrected chi connectivity index (χ1v) is 6.72. The molecule has 1 aliphatic heterocycles. The van der Waals surface area contributed by atoms with Crippen LogP contribution >= 0.6 is 15.6 Å². The van der Waals surface area contributed by atoms with E-state index in [1.807, 2.05) is 0 Å². The second-order valence-corrected chi connectivity index (χ2v) is 5.70. The lowest BCUT2D eigenvalue weighted by Crippen LogP contribution is -2.41. The van der Waals surface area contributed by atoms with E-state index in [0.29, 0.717) is 0 Å². The van der Waals surface area contributed by atoms with Crippen molar-refractivity contribution in [2.24, 2.45) is 0 Å². The van der Waals surface area contributed by atoms with Crippen LogP contribution < -0.4 is 0 Å². The summed E-state index contributed by atoms with van der Waals surface area (Å²) < 4.78 is 33.4. The lowest BCUT2D eigenvalue weighted by atomic mass is 10.2. The molecule has 0 spiro atoms. The molecule has 2 unspecified atom stereocenters. The van der Waals surface area contributed by atoms with Crippen LogP contribution in [0.2, 0.25) is 0 Å². The number of hydrogen-bond acceptors (Lipinski definition) is 7. The van der Waals surface area contributed by atoms with Gasteiger partial charge in [-0.1, -0.05) is 0 Å². The second-order valence-electron chi connectivity index (χ2n) is 2.75. The van der Waals surface area contributed by atoms with E-state index in [-0.39, 0.29) is 0 Å². The maximum atomic E-state index is 11.0. The molecule has 1 fully saturated rings. The predicted molar refractivity (Wildman–Crippen MR) is 45.8 cm³/mol. The van der Waals surface area contributed by atoms with Crippen molar-refractivity contribution in [1.29, 1.82) is 0 Å². The van der Waals surface area contributed by atoms with E-state index >= 15 is 0 Å². The summed E-state index contributed by atoms with van der Waals surface area (Å²) in [6.07, 6.45) is -4.93. The molecule has 0 aromatic rings. The van der Waals surface area contributed by atoms with Crippen molar-refractivity contribution < 1.29 is 52.1 Å². The van der Waals surface area contributed by atoms with E-state index < -0.39 is 39.8 Å². The summed E-state index contributed by atoms with van der Waals surface area (Å²) in [5, 5.41) is 17.1. The van der Waals surface area contributed by atoms with E-state index in [1.54, 1.807) is 0 Å². The molecule has 98 valence electrons. The second kappa shape index (κ2) is 4.46. The average molecular weight is 292 g/mol. The van der Waals surface area contributed by atoms with Gasteiger partial charge in [0.1, 0.15) is 0 Å². The molecule has 4 N–H and O–H groups in total. The Kier molecular flexibility index (Phi) is 3.75. The average Bonchev–Trinajstić information content (AvgIpc) is 2.17. The molecule has 0 aliphatic carbocycles. The molecule has 1 saturated heterocycles. The Morgan fingerprint density at radius 2 is 1.18 bits per heavy atom. The van der Waals surface area contributed by atoms with E-state index in [1.165, 1.54) is 0 Å². The minimum Gasteiger partial charge on any atom is -0.479 e. The van der Waals surface area contributed by atoms with Crippen LogP contribution in [0.1, 0.15) is 0 Å². The Balaban J connectivity index is 3.20. The third-order valence-electron chi connectivity index (χ3n) is 1.46. The lowest BCUT2D eigenvalue weighted by Gasteiger charge is -2.15. The number of carbonyl (C=O) groups is 2. The predicted octanol–water partition coefficient (Wildman–Crippen LogP) is -0.843. The van der Waals surface area contributed by atoms with Crippen LogP contribution in [0.5, 0.6) is 0 Å². The summed E-state index contributed by atoms with van der Waals surface area (Å²) in [6.45, 7) is 0. The van der Waals surface area contributed by atoms with Crippen LogP contribution in [-0.2, 0) is 32.1 Å². The monoisotopic (exact) mass is 292 g/mol. The molecule has 1 aliphatic rings. The summed E-state index contributed by atoms with van der Waals surface area (Å²) in [4.78, 5) is 38.9. The van der Waals surface area contributed by atoms with Gasteiger partial charge in [0.15, 0.2) is 0 Å². The summed E-state index contributed by atoms with van der Waals surface area (Å²) in [7, 11) is -10.4. The molecule has 0 bridgehead atoms. The van der Waals surface area contributed by atoms with Gasteiger partial charge in [-0.05, 0) is 0 Å². The van der Waals surface area contributed by atoms with Crippen molar-refractivity contribution in [3.05, 3.63) is 0 Å². The molecule has 17 heavy (non-hydrogen) atoms. The minimum atomic E-state index is -5.22. The zero-order chi connectivity index (χ0) is 13.4. The topological polar surface area (TPSA) is 177 Å². The highest BCUT2D eigenvalue weighted by atomic mass is 31.3. The molecule has 0 aromatic carbocycles. The third kappa shape index (κ3) is 3.58. The fourth-order valence-corrected chi connectivity index (χ4v) is 3.24. The molecule has 0 radical (unpaired) electrons. The Labute approximate surface area is 92.8 Å². The van der Waals surface area contributed by atoms with Crippen LogP contribution in [-0.4, -0.2) is 44.1 Å². The van der Waals surface area contributed by atoms with Gasteiger partial charge in [0, 0.05) is 0 Å². The fraction of sp³-hybridized carbons (Fsp3) is 0.500. The number of carboxylic acids is 2. The van der Waals surface area contributed by atoms with Crippen molar-refractivity contribution in [2.75, 3.05) is 0 Å². The first kappa shape index (κ1) is 14.3. The van der Waals surface area contributed by atoms with Gasteiger partial charge < -0.3 is 20.0 Å². The number of aliphatic carboxylic acids is 2. The Bertz CT molecular complexity index is 401. The van der Waals surface area contributed by atoms with Crippen molar-refractivity contribution in [3.63, 3.8) is 0 Å². The summed E-state index contributed by atoms with van der Waals surface area (Å²) in [5.41, 5.74) is 0. The minimum absolute atomic E-state index is 1.97. The number of phosphoric ester groups is 2. The number of hydrogen-bond donors (Lipinski definition) is 4. The zero-order valence-corrected chi connectivity index (χ0v) is 9.48. The van der Waals surface area contributed by atoms with Gasteiger partial charge in [-0.25, -0.2) is 18.7 Å². The lowest BCUT2D eigenvalue weighted by molar-refractivity contribution is -0.161. The molecule has 13 heteroatoms. The first-order chi connectivity index (χ1) is 7.54. The number of rotatable bonds is 2. The van der Waals surface area contributed by atoms with Crippen LogP contribution in [0.4, 0.5) is 0 Å². The molecular weight excluding hydrogens is 286 g/mol. The van der Waals surface area contributed by atoms with Crippen LogP contribution in [0.3, 0.4) is 0 Å². The number of phosphoric acid groups is 2. The Morgan fingerprint density at radius 3 is 1.41 bits per heavy atom. The van der Waals surface area contributed by atoms with Crippen molar-refractivity contribution in [2.45, 2.75) is 12.2 Å². The van der Waals surface area contributed by atoms with Gasteiger partial charge in [-0.3, -0.25) is 9.05 Å². The summed E-state index contributed by atoms with van der Waals surface area (Å²) in [6, 6.07) is 0. The van der Waals surface area contributed by atoms with Gasteiger partial charge >= 0.3 is 27.6 Å². The normalized spacial score (nSPS) is 42.7. The van der Waals surface area contributed by atoms with Gasteiger partial charge in [0.2, 0.25) is 12.2 Å². The van der Waals surface area contributed by atoms with E-state index in [4.69, 9.17) is 20.0 Å². The highest BCUT2D eigenvalue weighted by molar-refractivity contribution is 7.61. The first-order valence-electron chi connectivity index (χ1n) is 3.73. The maximum absolute atomic E-state index is 11.0. The molecule has 0 aromatic heterocycles. The largest absolute Gasteiger partial charge is 0.482 e. The summed E-state index contributed by atoms with van der Waals surface area (Å²) in [5.74, 6) is -3.95. The van der Waals surface area contributed by atoms with Gasteiger partial charge in [0.25, 0.3) is 0 Å². The number of carboxylic acid groups (broad SMARTS) is 2. The Hall–Kier alpha value is -0.800. The molecule has 1 rings (SSSR count). The molecular formula is C4H6O11P2. The SMILES string of the molecule is O=C(O)[C@@H]1OP(=O)(O)OP(=O)(O)O[C@H]1C(=O)O. The standard InChI is InChI=1S/C4H6O11P2/c5-3(6)1-2(4(7)8)14-17(11,12)15-16(9,10)13-1/h1-2H,(H,5,6)(H,7,8)(H,9,10)(H,11,12)/t1-,2-/m1/s1. The van der Waals surface area contributed by atoms with Crippen LogP contribution in [0, 0.1) is 0 Å². The van der Waals surface area contributed by atoms with E-state index in [2.05, 4.69) is 13.4 Å². The molecule has 0 amide bonds. The highest BCUT2D eigenvalue weighted by Crippen LogP contribution is 2.64. The summed E-state index contributed by atoms with van der Waals surface area (Å²) >= 11 is 0.